The van der Waals surface area contributed by atoms with E-state index in [1.165, 1.54) is 19.3 Å². The molecule has 1 saturated heterocycles. The summed E-state index contributed by atoms with van der Waals surface area (Å²) in [7, 11) is 1.78. The first-order valence-electron chi connectivity index (χ1n) is 10.5. The first kappa shape index (κ1) is 23.9. The van der Waals surface area contributed by atoms with E-state index in [0.29, 0.717) is 6.54 Å². The fourth-order valence-corrected chi connectivity index (χ4v) is 4.66. The van der Waals surface area contributed by atoms with Gasteiger partial charge in [0.05, 0.1) is 12.1 Å². The van der Waals surface area contributed by atoms with Crippen LogP contribution in [0.1, 0.15) is 58.6 Å². The number of guanidine groups is 1. The Morgan fingerprint density at radius 1 is 1.24 bits per heavy atom. The van der Waals surface area contributed by atoms with Gasteiger partial charge in [-0.1, -0.05) is 6.42 Å². The van der Waals surface area contributed by atoms with E-state index in [-0.39, 0.29) is 41.5 Å². The second-order valence-electron chi connectivity index (χ2n) is 8.74. The van der Waals surface area contributed by atoms with Crippen LogP contribution in [0.5, 0.6) is 0 Å². The number of amides is 1. The average Bonchev–Trinajstić information content (AvgIpc) is 2.83. The van der Waals surface area contributed by atoms with Gasteiger partial charge in [-0.15, -0.1) is 34.2 Å². The summed E-state index contributed by atoms with van der Waals surface area (Å²) in [5, 5.41) is 12.2. The molecule has 0 atom stereocenters. The second kappa shape index (κ2) is 10.1. The summed E-state index contributed by atoms with van der Waals surface area (Å²) >= 11 is 0. The van der Waals surface area contributed by atoms with Gasteiger partial charge in [0, 0.05) is 45.6 Å². The molecule has 2 aliphatic heterocycles. The molecule has 164 valence electrons. The molecule has 0 radical (unpaired) electrons. The summed E-state index contributed by atoms with van der Waals surface area (Å²) in [4.78, 5) is 21.2. The molecule has 0 aliphatic carbocycles. The number of nitrogens with zero attached hydrogens (tertiary/aromatic N) is 6. The molecule has 0 spiro atoms. The van der Waals surface area contributed by atoms with Gasteiger partial charge in [-0.05, 0) is 40.5 Å². The van der Waals surface area contributed by atoms with Gasteiger partial charge in [0.1, 0.15) is 11.6 Å². The number of halogens is 1. The van der Waals surface area contributed by atoms with E-state index in [1.807, 2.05) is 4.90 Å². The summed E-state index contributed by atoms with van der Waals surface area (Å²) in [6.45, 7) is 11.3. The zero-order chi connectivity index (χ0) is 20.3. The van der Waals surface area contributed by atoms with Crippen molar-refractivity contribution in [2.24, 2.45) is 4.99 Å². The van der Waals surface area contributed by atoms with Gasteiger partial charge in [0.25, 0.3) is 0 Å². The smallest absolute Gasteiger partial charge is 0.242 e. The van der Waals surface area contributed by atoms with Crippen molar-refractivity contribution in [2.75, 3.05) is 26.7 Å². The third kappa shape index (κ3) is 5.40. The molecule has 8 nitrogen and oxygen atoms in total. The Balaban J connectivity index is 0.00000300. The van der Waals surface area contributed by atoms with Crippen LogP contribution in [0.15, 0.2) is 4.99 Å². The lowest BCUT2D eigenvalue weighted by Gasteiger charge is -2.49. The topological polar surface area (TPSA) is 78.6 Å². The minimum Gasteiger partial charge on any atom is -0.356 e. The number of piperazine rings is 1. The molecule has 0 saturated carbocycles. The van der Waals surface area contributed by atoms with Crippen molar-refractivity contribution in [3.05, 3.63) is 11.6 Å². The SMILES string of the molecule is CN=C(NCCc1nnc2n1CCCCC2)N1CC(=O)N(C(C)C)C(C)(C)C1.I. The molecule has 3 heterocycles. The van der Waals surface area contributed by atoms with Crippen LogP contribution in [0.2, 0.25) is 0 Å². The van der Waals surface area contributed by atoms with Crippen molar-refractivity contribution in [2.45, 2.75) is 77.9 Å². The van der Waals surface area contributed by atoms with Crippen molar-refractivity contribution in [1.82, 2.24) is 29.9 Å². The number of carbonyl (C=O) groups is 1. The molecule has 9 heteroatoms. The fraction of sp³-hybridized carbons (Fsp3) is 0.800. The zero-order valence-corrected chi connectivity index (χ0v) is 20.8. The third-order valence-electron chi connectivity index (χ3n) is 5.67. The number of aliphatic imine (C=N–C) groups is 1. The number of carbonyl (C=O) groups excluding carboxylic acids is 1. The molecule has 2 aliphatic rings. The Morgan fingerprint density at radius 3 is 2.66 bits per heavy atom. The van der Waals surface area contributed by atoms with Gasteiger partial charge in [-0.2, -0.15) is 0 Å². The van der Waals surface area contributed by atoms with Crippen LogP contribution in [0.4, 0.5) is 0 Å². The lowest BCUT2D eigenvalue weighted by atomic mass is 9.96. The van der Waals surface area contributed by atoms with Crippen molar-refractivity contribution in [1.29, 1.82) is 0 Å². The molecular formula is C20H36IN7O. The number of rotatable bonds is 4. The summed E-state index contributed by atoms with van der Waals surface area (Å²) < 4.78 is 2.28. The highest BCUT2D eigenvalue weighted by atomic mass is 127. The predicted molar refractivity (Wildman–Crippen MR) is 126 cm³/mol. The highest BCUT2D eigenvalue weighted by Gasteiger charge is 2.40. The van der Waals surface area contributed by atoms with Crippen LogP contribution in [0.25, 0.3) is 0 Å². The number of aryl methyl sites for hydroxylation is 1. The largest absolute Gasteiger partial charge is 0.356 e. The Bertz CT molecular complexity index is 728. The molecule has 1 N–H and O–H groups in total. The summed E-state index contributed by atoms with van der Waals surface area (Å²) in [6, 6.07) is 0.197. The zero-order valence-electron chi connectivity index (χ0n) is 18.4. The quantitative estimate of drug-likeness (QED) is 0.376. The number of hydrogen-bond donors (Lipinski definition) is 1. The normalized spacial score (nSPS) is 19.7. The van der Waals surface area contributed by atoms with Crippen LogP contribution in [-0.2, 0) is 24.2 Å². The third-order valence-corrected chi connectivity index (χ3v) is 5.67. The highest BCUT2D eigenvalue weighted by molar-refractivity contribution is 14.0. The standard InChI is InChI=1S/C20H35N7O.HI/c1-15(2)27-18(28)13-25(14-20(27,3)4)19(21-5)22-11-10-17-24-23-16-9-7-6-8-12-26(16)17;/h15H,6-14H2,1-5H3,(H,21,22);1H. The molecule has 1 fully saturated rings. The summed E-state index contributed by atoms with van der Waals surface area (Å²) in [5.41, 5.74) is -0.231. The van der Waals surface area contributed by atoms with E-state index in [0.717, 1.165) is 50.1 Å². The lowest BCUT2D eigenvalue weighted by molar-refractivity contribution is -0.145. The van der Waals surface area contributed by atoms with Crippen LogP contribution >= 0.6 is 24.0 Å². The Labute approximate surface area is 191 Å². The van der Waals surface area contributed by atoms with Crippen LogP contribution in [0.3, 0.4) is 0 Å². The van der Waals surface area contributed by atoms with Crippen LogP contribution in [-0.4, -0.2) is 74.7 Å². The Morgan fingerprint density at radius 2 is 2.00 bits per heavy atom. The van der Waals surface area contributed by atoms with E-state index >= 15 is 0 Å². The van der Waals surface area contributed by atoms with Gasteiger partial charge < -0.3 is 19.7 Å². The van der Waals surface area contributed by atoms with E-state index < -0.39 is 0 Å². The van der Waals surface area contributed by atoms with Crippen molar-refractivity contribution in [3.8, 4) is 0 Å². The molecule has 1 aromatic heterocycles. The lowest BCUT2D eigenvalue weighted by Crippen LogP contribution is -2.66. The van der Waals surface area contributed by atoms with E-state index in [2.05, 4.69) is 57.7 Å². The summed E-state index contributed by atoms with van der Waals surface area (Å²) in [5.74, 6) is 3.09. The predicted octanol–water partition coefficient (Wildman–Crippen LogP) is 2.07. The molecular weight excluding hydrogens is 481 g/mol. The van der Waals surface area contributed by atoms with Gasteiger partial charge in [-0.25, -0.2) is 0 Å². The van der Waals surface area contributed by atoms with Gasteiger partial charge in [-0.3, -0.25) is 9.79 Å². The molecule has 0 bridgehead atoms. The van der Waals surface area contributed by atoms with E-state index in [9.17, 15) is 4.79 Å². The number of aromatic nitrogens is 3. The molecule has 3 rings (SSSR count). The Hall–Kier alpha value is -1.39. The monoisotopic (exact) mass is 517 g/mol. The molecule has 29 heavy (non-hydrogen) atoms. The average molecular weight is 517 g/mol. The van der Waals surface area contributed by atoms with Crippen LogP contribution in [0, 0.1) is 0 Å². The van der Waals surface area contributed by atoms with E-state index in [4.69, 9.17) is 0 Å². The second-order valence-corrected chi connectivity index (χ2v) is 8.74. The van der Waals surface area contributed by atoms with Gasteiger partial charge >= 0.3 is 0 Å². The molecule has 0 aromatic carbocycles. The highest BCUT2D eigenvalue weighted by Crippen LogP contribution is 2.24. The minimum absolute atomic E-state index is 0. The maximum absolute atomic E-state index is 12.7. The van der Waals surface area contributed by atoms with Gasteiger partial charge in [0.15, 0.2) is 5.96 Å². The summed E-state index contributed by atoms with van der Waals surface area (Å²) in [6.07, 6.45) is 5.49. The van der Waals surface area contributed by atoms with Crippen molar-refractivity contribution in [3.63, 3.8) is 0 Å². The molecule has 1 amide bonds. The van der Waals surface area contributed by atoms with Crippen LogP contribution < -0.4 is 5.32 Å². The fourth-order valence-electron chi connectivity index (χ4n) is 4.66. The van der Waals surface area contributed by atoms with Gasteiger partial charge in [0.2, 0.25) is 5.91 Å². The van der Waals surface area contributed by atoms with Crippen molar-refractivity contribution < 1.29 is 4.79 Å². The maximum Gasteiger partial charge on any atom is 0.242 e. The number of fused-ring (bicyclic) bond motifs is 1. The molecule has 1 aromatic rings. The number of hydrogen-bond acceptors (Lipinski definition) is 4. The van der Waals surface area contributed by atoms with E-state index in [1.54, 1.807) is 7.05 Å². The first-order chi connectivity index (χ1) is 13.3. The van der Waals surface area contributed by atoms with Crippen molar-refractivity contribution >= 4 is 35.8 Å². The molecule has 0 unspecified atom stereocenters. The Kier molecular flexibility index (Phi) is 8.30. The minimum atomic E-state index is -0.231. The maximum atomic E-state index is 12.7. The number of nitrogens with one attached hydrogen (secondary N) is 1. The first-order valence-corrected chi connectivity index (χ1v) is 10.5.